The third kappa shape index (κ3) is 0.814. The van der Waals surface area contributed by atoms with Gasteiger partial charge in [-0.3, -0.25) is 14.3 Å². The lowest BCUT2D eigenvalue weighted by Gasteiger charge is -1.92. The highest BCUT2D eigenvalue weighted by molar-refractivity contribution is 7.16. The van der Waals surface area contributed by atoms with E-state index in [1.165, 1.54) is 23.9 Å². The van der Waals surface area contributed by atoms with E-state index in [-0.39, 0.29) is 5.56 Å². The molecule has 0 aliphatic rings. The Hall–Kier alpha value is -1.43. The Balaban J connectivity index is 3.16. The van der Waals surface area contributed by atoms with Crippen LogP contribution < -0.4 is 11.2 Å². The van der Waals surface area contributed by atoms with Crippen LogP contribution in [0.25, 0.3) is 10.3 Å². The fourth-order valence-corrected chi connectivity index (χ4v) is 1.58. The third-order valence-corrected chi connectivity index (χ3v) is 2.34. The highest BCUT2D eigenvalue weighted by Gasteiger charge is 2.05. The van der Waals surface area contributed by atoms with Crippen molar-refractivity contribution in [3.8, 4) is 0 Å². The average Bonchev–Trinajstić information content (AvgIpc) is 2.48. The van der Waals surface area contributed by atoms with E-state index in [2.05, 4.69) is 9.97 Å². The molecule has 0 radical (unpaired) electrons. The van der Waals surface area contributed by atoms with Gasteiger partial charge in [-0.1, -0.05) is 0 Å². The summed E-state index contributed by atoms with van der Waals surface area (Å²) in [5.41, 5.74) is 1.09. The van der Waals surface area contributed by atoms with Crippen molar-refractivity contribution in [2.75, 3.05) is 0 Å². The molecule has 5 nitrogen and oxygen atoms in total. The van der Waals surface area contributed by atoms with Crippen LogP contribution in [0, 0.1) is 0 Å². The number of aromatic nitrogens is 3. The zero-order valence-corrected chi connectivity index (χ0v) is 7.01. The minimum Gasteiger partial charge on any atom is -0.297 e. The predicted molar refractivity (Wildman–Crippen MR) is 45.5 cm³/mol. The predicted octanol–water partition coefficient (Wildman–Crippen LogP) is -0.317. The molecule has 0 aromatic carbocycles. The molecular weight excluding hydrogens is 178 g/mol. The van der Waals surface area contributed by atoms with Crippen LogP contribution in [0.4, 0.5) is 0 Å². The molecule has 6 heteroatoms. The number of aromatic amines is 1. The van der Waals surface area contributed by atoms with Gasteiger partial charge in [0.2, 0.25) is 0 Å². The fourth-order valence-electron chi connectivity index (χ4n) is 0.919. The van der Waals surface area contributed by atoms with Gasteiger partial charge in [0.05, 0.1) is 5.51 Å². The number of thiazole rings is 1. The molecule has 2 rings (SSSR count). The summed E-state index contributed by atoms with van der Waals surface area (Å²) in [5, 5.41) is 0. The van der Waals surface area contributed by atoms with Crippen LogP contribution in [0.3, 0.4) is 0 Å². The van der Waals surface area contributed by atoms with Crippen LogP contribution in [0.5, 0.6) is 0 Å². The number of rotatable bonds is 0. The molecule has 0 amide bonds. The highest BCUT2D eigenvalue weighted by Crippen LogP contribution is 2.07. The molecule has 0 atom stereocenters. The van der Waals surface area contributed by atoms with Gasteiger partial charge < -0.3 is 0 Å². The van der Waals surface area contributed by atoms with Crippen molar-refractivity contribution in [3.05, 3.63) is 26.3 Å². The second-order valence-corrected chi connectivity index (χ2v) is 3.18. The minimum absolute atomic E-state index is 0.321. The molecule has 0 spiro atoms. The molecule has 0 unspecified atom stereocenters. The van der Waals surface area contributed by atoms with Gasteiger partial charge in [0.15, 0.2) is 5.52 Å². The first kappa shape index (κ1) is 7.23. The van der Waals surface area contributed by atoms with Crippen molar-refractivity contribution >= 4 is 21.7 Å². The van der Waals surface area contributed by atoms with Crippen LogP contribution in [0.2, 0.25) is 0 Å². The normalized spacial score (nSPS) is 10.8. The fraction of sp³-hybridized carbons (Fsp3) is 0.167. The lowest BCUT2D eigenvalue weighted by Crippen LogP contribution is -2.32. The van der Waals surface area contributed by atoms with Gasteiger partial charge in [-0.25, -0.2) is 9.78 Å². The van der Waals surface area contributed by atoms with E-state index in [4.69, 9.17) is 0 Å². The van der Waals surface area contributed by atoms with Crippen LogP contribution in [0.15, 0.2) is 15.1 Å². The van der Waals surface area contributed by atoms with Crippen LogP contribution in [-0.4, -0.2) is 14.5 Å². The van der Waals surface area contributed by atoms with E-state index in [0.717, 1.165) is 4.57 Å². The standard InChI is InChI=1S/C6H5N3O2S/c1-9-5(10)3-4(8-6(9)11)12-2-7-3/h2H,1H3,(H,8,11). The van der Waals surface area contributed by atoms with Crippen molar-refractivity contribution in [2.45, 2.75) is 0 Å². The van der Waals surface area contributed by atoms with Gasteiger partial charge in [-0.15, -0.1) is 11.3 Å². The Bertz CT molecular complexity index is 535. The zero-order chi connectivity index (χ0) is 8.72. The molecule has 1 N–H and O–H groups in total. The summed E-state index contributed by atoms with van der Waals surface area (Å²) in [5.74, 6) is 0. The number of fused-ring (bicyclic) bond motifs is 1. The van der Waals surface area contributed by atoms with Gasteiger partial charge in [0.25, 0.3) is 5.56 Å². The van der Waals surface area contributed by atoms with E-state index in [9.17, 15) is 9.59 Å². The average molecular weight is 183 g/mol. The maximum absolute atomic E-state index is 11.3. The highest BCUT2D eigenvalue weighted by atomic mass is 32.1. The molecule has 2 heterocycles. The summed E-state index contributed by atoms with van der Waals surface area (Å²) in [6, 6.07) is 0. The summed E-state index contributed by atoms with van der Waals surface area (Å²) < 4.78 is 1.00. The van der Waals surface area contributed by atoms with Crippen molar-refractivity contribution in [1.29, 1.82) is 0 Å². The lowest BCUT2D eigenvalue weighted by atomic mass is 10.6. The maximum atomic E-state index is 11.3. The topological polar surface area (TPSA) is 67.8 Å². The molecule has 2 aromatic heterocycles. The second-order valence-electron chi connectivity index (χ2n) is 2.32. The Morgan fingerprint density at radius 1 is 1.58 bits per heavy atom. The van der Waals surface area contributed by atoms with E-state index in [1.54, 1.807) is 0 Å². The third-order valence-electron chi connectivity index (χ3n) is 1.60. The summed E-state index contributed by atoms with van der Waals surface area (Å²) >= 11 is 1.24. The first-order chi connectivity index (χ1) is 5.70. The first-order valence-corrected chi connectivity index (χ1v) is 4.10. The van der Waals surface area contributed by atoms with Gasteiger partial charge in [0.1, 0.15) is 4.83 Å². The molecule has 0 aliphatic carbocycles. The summed E-state index contributed by atoms with van der Waals surface area (Å²) in [4.78, 5) is 29.2. The number of nitrogens with one attached hydrogen (secondary N) is 1. The van der Waals surface area contributed by atoms with Gasteiger partial charge in [0, 0.05) is 7.05 Å². The molecule has 0 saturated carbocycles. The number of nitrogens with zero attached hydrogens (tertiary/aromatic N) is 2. The Kier molecular flexibility index (Phi) is 1.37. The first-order valence-electron chi connectivity index (χ1n) is 3.22. The van der Waals surface area contributed by atoms with E-state index >= 15 is 0 Å². The smallest absolute Gasteiger partial charge is 0.297 e. The quantitative estimate of drug-likeness (QED) is 0.608. The molecule has 0 aliphatic heterocycles. The summed E-state index contributed by atoms with van der Waals surface area (Å²) in [6.07, 6.45) is 0. The van der Waals surface area contributed by atoms with Crippen LogP contribution in [-0.2, 0) is 7.05 Å². The van der Waals surface area contributed by atoms with Crippen LogP contribution in [0.1, 0.15) is 0 Å². The molecule has 0 saturated heterocycles. The van der Waals surface area contributed by atoms with E-state index < -0.39 is 5.69 Å². The maximum Gasteiger partial charge on any atom is 0.329 e. The summed E-state index contributed by atoms with van der Waals surface area (Å²) in [6.45, 7) is 0. The molecule has 62 valence electrons. The van der Waals surface area contributed by atoms with Crippen molar-refractivity contribution < 1.29 is 0 Å². The number of H-pyrrole nitrogens is 1. The number of hydrogen-bond acceptors (Lipinski definition) is 4. The molecule has 0 bridgehead atoms. The van der Waals surface area contributed by atoms with Crippen LogP contribution >= 0.6 is 11.3 Å². The molecular formula is C6H5N3O2S. The minimum atomic E-state index is -0.406. The summed E-state index contributed by atoms with van der Waals surface area (Å²) in [7, 11) is 1.42. The van der Waals surface area contributed by atoms with Crippen molar-refractivity contribution in [1.82, 2.24) is 14.5 Å². The van der Waals surface area contributed by atoms with E-state index in [0.29, 0.717) is 10.3 Å². The zero-order valence-electron chi connectivity index (χ0n) is 6.20. The number of hydrogen-bond donors (Lipinski definition) is 1. The van der Waals surface area contributed by atoms with Gasteiger partial charge in [-0.05, 0) is 0 Å². The Morgan fingerprint density at radius 3 is 3.08 bits per heavy atom. The second kappa shape index (κ2) is 2.28. The molecule has 0 fully saturated rings. The monoisotopic (exact) mass is 183 g/mol. The van der Waals surface area contributed by atoms with Crippen molar-refractivity contribution in [2.24, 2.45) is 7.05 Å². The molecule has 12 heavy (non-hydrogen) atoms. The van der Waals surface area contributed by atoms with Crippen molar-refractivity contribution in [3.63, 3.8) is 0 Å². The van der Waals surface area contributed by atoms with E-state index in [1.807, 2.05) is 0 Å². The SMILES string of the molecule is Cn1c(=O)[nH]c2scnc2c1=O. The lowest BCUT2D eigenvalue weighted by molar-refractivity contribution is 0.793. The molecule has 2 aromatic rings. The largest absolute Gasteiger partial charge is 0.329 e. The Morgan fingerprint density at radius 2 is 2.33 bits per heavy atom. The Labute approximate surface area is 70.3 Å². The van der Waals surface area contributed by atoms with Gasteiger partial charge >= 0.3 is 5.69 Å². The van der Waals surface area contributed by atoms with Gasteiger partial charge in [-0.2, -0.15) is 0 Å².